The van der Waals surface area contributed by atoms with Gasteiger partial charge in [-0.1, -0.05) is 36.9 Å². The van der Waals surface area contributed by atoms with Crippen molar-refractivity contribution >= 4 is 0 Å². The number of hydrogen-bond acceptors (Lipinski definition) is 2. The van der Waals surface area contributed by atoms with Crippen LogP contribution >= 0.6 is 0 Å². The van der Waals surface area contributed by atoms with Crippen LogP contribution in [0.3, 0.4) is 0 Å². The van der Waals surface area contributed by atoms with E-state index in [4.69, 9.17) is 4.74 Å². The molecule has 1 aromatic heterocycles. The number of halogens is 3. The summed E-state index contributed by atoms with van der Waals surface area (Å²) in [4.78, 5) is 3.73. The van der Waals surface area contributed by atoms with Crippen LogP contribution in [0.5, 0.6) is 0 Å². The second-order valence-electron chi connectivity index (χ2n) is 7.66. The Balaban J connectivity index is 2.22. The Morgan fingerprint density at radius 2 is 1.77 bits per heavy atom. The summed E-state index contributed by atoms with van der Waals surface area (Å²) in [5, 5.41) is 0. The van der Waals surface area contributed by atoms with E-state index in [1.807, 2.05) is 13.0 Å². The van der Waals surface area contributed by atoms with Crippen molar-refractivity contribution < 1.29 is 17.9 Å². The Hall–Kier alpha value is -2.56. The van der Waals surface area contributed by atoms with E-state index in [0.717, 1.165) is 35.8 Å². The fourth-order valence-corrected chi connectivity index (χ4v) is 3.91. The van der Waals surface area contributed by atoms with Crippen molar-refractivity contribution in [2.45, 2.75) is 59.1 Å². The molecular weight excluding hydrogens is 387 g/mol. The Bertz CT molecular complexity index is 905. The van der Waals surface area contributed by atoms with E-state index < -0.39 is 11.9 Å². The highest BCUT2D eigenvalue weighted by molar-refractivity contribution is 5.43. The summed E-state index contributed by atoms with van der Waals surface area (Å²) in [5.41, 5.74) is 5.25. The van der Waals surface area contributed by atoms with Crippen molar-refractivity contribution in [1.29, 1.82) is 0 Å². The van der Waals surface area contributed by atoms with Gasteiger partial charge in [0.25, 0.3) is 0 Å². The summed E-state index contributed by atoms with van der Waals surface area (Å²) in [7, 11) is 1.63. The highest BCUT2D eigenvalue weighted by atomic mass is 19.4. The molecular formula is C25H30F3NO. The van der Waals surface area contributed by atoms with Gasteiger partial charge in [-0.05, 0) is 74.4 Å². The van der Waals surface area contributed by atoms with Gasteiger partial charge in [-0.3, -0.25) is 0 Å². The number of methoxy groups -OCH3 is 1. The summed E-state index contributed by atoms with van der Waals surface area (Å²) >= 11 is 0. The number of ether oxygens (including phenoxy) is 1. The number of hydrogen-bond donors (Lipinski definition) is 0. The van der Waals surface area contributed by atoms with Crippen molar-refractivity contribution in [2.24, 2.45) is 0 Å². The summed E-state index contributed by atoms with van der Waals surface area (Å²) in [6.45, 7) is 11.8. The number of allylic oxidation sites excluding steroid dienone is 3. The van der Waals surface area contributed by atoms with Crippen LogP contribution < -0.4 is 0 Å². The zero-order valence-corrected chi connectivity index (χ0v) is 18.4. The van der Waals surface area contributed by atoms with Gasteiger partial charge in [0.15, 0.2) is 0 Å². The minimum atomic E-state index is -4.41. The van der Waals surface area contributed by atoms with Crippen LogP contribution in [0.15, 0.2) is 48.8 Å². The van der Waals surface area contributed by atoms with E-state index >= 15 is 0 Å². The van der Waals surface area contributed by atoms with Crippen LogP contribution in [0.4, 0.5) is 13.2 Å². The lowest BCUT2D eigenvalue weighted by molar-refractivity contribution is -0.141. The SMILES string of the molecule is C=C(CC(C=CC)c1c(C)cc(CCc2ccc(C(F)(F)F)nc2C)cc1C)OC. The van der Waals surface area contributed by atoms with Crippen LogP contribution in [0.2, 0.25) is 0 Å². The van der Waals surface area contributed by atoms with E-state index in [9.17, 15) is 13.2 Å². The van der Waals surface area contributed by atoms with Gasteiger partial charge in [0, 0.05) is 18.0 Å². The van der Waals surface area contributed by atoms with Crippen molar-refractivity contribution in [2.75, 3.05) is 7.11 Å². The fraction of sp³-hybridized carbons (Fsp3) is 0.400. The molecule has 0 aliphatic rings. The summed E-state index contributed by atoms with van der Waals surface area (Å²) < 4.78 is 43.7. The maximum absolute atomic E-state index is 12.8. The number of rotatable bonds is 8. The van der Waals surface area contributed by atoms with E-state index in [1.54, 1.807) is 14.0 Å². The molecule has 0 radical (unpaired) electrons. The average Bonchev–Trinajstić information content (AvgIpc) is 2.65. The van der Waals surface area contributed by atoms with Gasteiger partial charge in [-0.2, -0.15) is 13.2 Å². The zero-order valence-electron chi connectivity index (χ0n) is 18.4. The number of pyridine rings is 1. The van der Waals surface area contributed by atoms with E-state index in [2.05, 4.69) is 43.6 Å². The molecule has 0 bridgehead atoms. The summed E-state index contributed by atoms with van der Waals surface area (Å²) in [6.07, 6.45) is 1.91. The maximum atomic E-state index is 12.8. The normalized spacial score (nSPS) is 12.9. The molecule has 0 amide bonds. The first kappa shape index (κ1) is 23.7. The van der Waals surface area contributed by atoms with Gasteiger partial charge in [0.05, 0.1) is 12.9 Å². The van der Waals surface area contributed by atoms with Crippen LogP contribution in [-0.4, -0.2) is 12.1 Å². The highest BCUT2D eigenvalue weighted by Gasteiger charge is 2.32. The maximum Gasteiger partial charge on any atom is 0.433 e. The van der Waals surface area contributed by atoms with Crippen molar-refractivity contribution in [3.05, 3.63) is 88.0 Å². The Morgan fingerprint density at radius 3 is 2.27 bits per heavy atom. The van der Waals surface area contributed by atoms with Gasteiger partial charge in [0.1, 0.15) is 5.69 Å². The molecule has 0 spiro atoms. The highest BCUT2D eigenvalue weighted by Crippen LogP contribution is 2.32. The van der Waals surface area contributed by atoms with Crippen molar-refractivity contribution in [1.82, 2.24) is 4.98 Å². The van der Waals surface area contributed by atoms with Crippen LogP contribution in [0.25, 0.3) is 0 Å². The number of nitrogens with zero attached hydrogens (tertiary/aromatic N) is 1. The first-order valence-corrected chi connectivity index (χ1v) is 10.0. The molecule has 1 aromatic carbocycles. The Labute approximate surface area is 177 Å². The van der Waals surface area contributed by atoms with Gasteiger partial charge < -0.3 is 4.74 Å². The topological polar surface area (TPSA) is 22.1 Å². The molecule has 2 rings (SSSR count). The lowest BCUT2D eigenvalue weighted by atomic mass is 9.85. The first-order valence-electron chi connectivity index (χ1n) is 10.0. The first-order chi connectivity index (χ1) is 14.1. The number of aromatic nitrogens is 1. The smallest absolute Gasteiger partial charge is 0.433 e. The molecule has 0 N–H and O–H groups in total. The third kappa shape index (κ3) is 5.97. The fourth-order valence-electron chi connectivity index (χ4n) is 3.91. The monoisotopic (exact) mass is 417 g/mol. The molecule has 1 heterocycles. The number of benzene rings is 1. The minimum Gasteiger partial charge on any atom is -0.502 e. The van der Waals surface area contributed by atoms with Crippen LogP contribution in [0.1, 0.15) is 58.5 Å². The molecule has 1 atom stereocenters. The lowest BCUT2D eigenvalue weighted by Crippen LogP contribution is -2.10. The quantitative estimate of drug-likeness (QED) is 0.340. The predicted molar refractivity (Wildman–Crippen MR) is 116 cm³/mol. The van der Waals surface area contributed by atoms with E-state index in [0.29, 0.717) is 12.1 Å². The van der Waals surface area contributed by atoms with E-state index in [-0.39, 0.29) is 5.92 Å². The second-order valence-corrected chi connectivity index (χ2v) is 7.66. The van der Waals surface area contributed by atoms with Gasteiger partial charge in [-0.15, -0.1) is 0 Å². The molecule has 0 fully saturated rings. The van der Waals surface area contributed by atoms with Crippen LogP contribution in [0, 0.1) is 20.8 Å². The third-order valence-electron chi connectivity index (χ3n) is 5.35. The molecule has 1 unspecified atom stereocenters. The number of alkyl halides is 3. The van der Waals surface area contributed by atoms with Gasteiger partial charge in [0.2, 0.25) is 0 Å². The summed E-state index contributed by atoms with van der Waals surface area (Å²) in [6, 6.07) is 6.94. The third-order valence-corrected chi connectivity index (χ3v) is 5.35. The molecule has 5 heteroatoms. The molecule has 0 saturated carbocycles. The largest absolute Gasteiger partial charge is 0.502 e. The van der Waals surface area contributed by atoms with Gasteiger partial charge >= 0.3 is 6.18 Å². The molecule has 2 nitrogen and oxygen atoms in total. The average molecular weight is 418 g/mol. The molecule has 0 saturated heterocycles. The molecule has 0 aliphatic heterocycles. The molecule has 0 aliphatic carbocycles. The molecule has 30 heavy (non-hydrogen) atoms. The van der Waals surface area contributed by atoms with Crippen molar-refractivity contribution in [3.63, 3.8) is 0 Å². The summed E-state index contributed by atoms with van der Waals surface area (Å²) in [5.74, 6) is 0.934. The lowest BCUT2D eigenvalue weighted by Gasteiger charge is -2.21. The van der Waals surface area contributed by atoms with Crippen molar-refractivity contribution in [3.8, 4) is 0 Å². The minimum absolute atomic E-state index is 0.192. The number of aryl methyl sites for hydroxylation is 5. The van der Waals surface area contributed by atoms with Gasteiger partial charge in [-0.25, -0.2) is 4.98 Å². The van der Waals surface area contributed by atoms with Crippen LogP contribution in [-0.2, 0) is 23.8 Å². The predicted octanol–water partition coefficient (Wildman–Crippen LogP) is 7.02. The zero-order chi connectivity index (χ0) is 22.5. The second kappa shape index (κ2) is 9.96. The molecule has 2 aromatic rings. The Morgan fingerprint density at radius 1 is 1.13 bits per heavy atom. The Kier molecular flexibility index (Phi) is 7.88. The van der Waals surface area contributed by atoms with E-state index in [1.165, 1.54) is 22.8 Å². The molecule has 162 valence electrons. The standard InChI is InChI=1S/C25H30F3NO/c1-7-8-22(15-18(4)30-6)24-16(2)13-20(14-17(24)3)9-10-21-11-12-23(25(26,27)28)29-19(21)5/h7-8,11-14,22H,4,9-10,15H2,1-3,5-6H3.